The van der Waals surface area contributed by atoms with Gasteiger partial charge in [-0.2, -0.15) is 0 Å². The molecule has 1 aromatic rings. The number of carbonyl (C=O) groups excluding carboxylic acids is 1. The molecule has 0 bridgehead atoms. The van der Waals surface area contributed by atoms with Crippen LogP contribution in [0.25, 0.3) is 0 Å². The predicted molar refractivity (Wildman–Crippen MR) is 72.1 cm³/mol. The van der Waals surface area contributed by atoms with Crippen molar-refractivity contribution in [2.24, 2.45) is 0 Å². The molecule has 0 saturated heterocycles. The van der Waals surface area contributed by atoms with Crippen LogP contribution in [0.3, 0.4) is 0 Å². The van der Waals surface area contributed by atoms with Crippen molar-refractivity contribution in [3.63, 3.8) is 0 Å². The fraction of sp³-hybridized carbons (Fsp3) is 0.300. The summed E-state index contributed by atoms with van der Waals surface area (Å²) in [5, 5.41) is 2.41. The number of hydrogen-bond donors (Lipinski definition) is 1. The standard InChI is InChI=1S/C10H10Cl3NO3S/c1-5(2)14-10(15)7-3-6(11)4-8(9(7)12)18(13,16)17/h3-5H,1-2H3,(H,14,15). The van der Waals surface area contributed by atoms with Crippen LogP contribution in [0, 0.1) is 0 Å². The molecule has 1 aromatic carbocycles. The summed E-state index contributed by atoms with van der Waals surface area (Å²) in [5.74, 6) is -0.515. The highest BCUT2D eigenvalue weighted by atomic mass is 35.7. The molecule has 1 N–H and O–H groups in total. The van der Waals surface area contributed by atoms with E-state index in [4.69, 9.17) is 33.9 Å². The number of rotatable bonds is 3. The third-order valence-electron chi connectivity index (χ3n) is 1.93. The highest BCUT2D eigenvalue weighted by molar-refractivity contribution is 8.13. The van der Waals surface area contributed by atoms with Gasteiger partial charge in [-0.1, -0.05) is 23.2 Å². The topological polar surface area (TPSA) is 63.2 Å². The second-order valence-electron chi connectivity index (χ2n) is 3.83. The van der Waals surface area contributed by atoms with Crippen LogP contribution >= 0.6 is 33.9 Å². The Morgan fingerprint density at radius 3 is 2.28 bits per heavy atom. The van der Waals surface area contributed by atoms with Crippen molar-refractivity contribution in [3.8, 4) is 0 Å². The largest absolute Gasteiger partial charge is 0.350 e. The maximum Gasteiger partial charge on any atom is 0.262 e. The van der Waals surface area contributed by atoms with E-state index >= 15 is 0 Å². The first-order valence-electron chi connectivity index (χ1n) is 4.87. The summed E-state index contributed by atoms with van der Waals surface area (Å²) in [4.78, 5) is 11.4. The van der Waals surface area contributed by atoms with Gasteiger partial charge in [0.25, 0.3) is 15.0 Å². The lowest BCUT2D eigenvalue weighted by molar-refractivity contribution is 0.0943. The molecule has 1 amide bonds. The van der Waals surface area contributed by atoms with E-state index in [0.29, 0.717) is 0 Å². The quantitative estimate of drug-likeness (QED) is 0.866. The van der Waals surface area contributed by atoms with Gasteiger partial charge in [0.2, 0.25) is 0 Å². The summed E-state index contributed by atoms with van der Waals surface area (Å²) in [6.45, 7) is 3.52. The van der Waals surface area contributed by atoms with Crippen LogP contribution in [-0.2, 0) is 9.05 Å². The molecule has 0 aliphatic carbocycles. The van der Waals surface area contributed by atoms with Crippen molar-refractivity contribution in [2.75, 3.05) is 0 Å². The normalized spacial score (nSPS) is 11.7. The lowest BCUT2D eigenvalue weighted by atomic mass is 10.2. The van der Waals surface area contributed by atoms with Crippen molar-refractivity contribution in [3.05, 3.63) is 27.7 Å². The highest BCUT2D eigenvalue weighted by Crippen LogP contribution is 2.31. The van der Waals surface area contributed by atoms with Gasteiger partial charge in [-0.15, -0.1) is 0 Å². The molecule has 0 saturated carbocycles. The van der Waals surface area contributed by atoms with Crippen LogP contribution in [0.5, 0.6) is 0 Å². The van der Waals surface area contributed by atoms with Crippen molar-refractivity contribution >= 4 is 48.8 Å². The van der Waals surface area contributed by atoms with E-state index in [1.807, 2.05) is 0 Å². The molecule has 100 valence electrons. The SMILES string of the molecule is CC(C)NC(=O)c1cc(Cl)cc(S(=O)(=O)Cl)c1Cl. The molecule has 0 unspecified atom stereocenters. The van der Waals surface area contributed by atoms with Gasteiger partial charge in [0.15, 0.2) is 0 Å². The predicted octanol–water partition coefficient (Wildman–Crippen LogP) is 3.06. The number of hydrogen-bond acceptors (Lipinski definition) is 3. The van der Waals surface area contributed by atoms with Gasteiger partial charge >= 0.3 is 0 Å². The maximum atomic E-state index is 11.8. The Balaban J connectivity index is 3.39. The summed E-state index contributed by atoms with van der Waals surface area (Å²) < 4.78 is 22.6. The van der Waals surface area contributed by atoms with E-state index in [-0.39, 0.29) is 26.5 Å². The number of halogens is 3. The van der Waals surface area contributed by atoms with E-state index in [1.165, 1.54) is 6.07 Å². The minimum Gasteiger partial charge on any atom is -0.350 e. The third-order valence-corrected chi connectivity index (χ3v) is 4.01. The molecular formula is C10H10Cl3NO3S. The maximum absolute atomic E-state index is 11.8. The van der Waals surface area contributed by atoms with Gasteiger partial charge in [0, 0.05) is 21.7 Å². The Morgan fingerprint density at radius 2 is 1.83 bits per heavy atom. The lowest BCUT2D eigenvalue weighted by Gasteiger charge is -2.11. The van der Waals surface area contributed by atoms with Gasteiger partial charge < -0.3 is 5.32 Å². The monoisotopic (exact) mass is 329 g/mol. The summed E-state index contributed by atoms with van der Waals surface area (Å²) in [6.07, 6.45) is 0. The molecular weight excluding hydrogens is 321 g/mol. The third kappa shape index (κ3) is 3.75. The number of carbonyl (C=O) groups is 1. The first-order chi connectivity index (χ1) is 8.12. The van der Waals surface area contributed by atoms with Gasteiger partial charge in [-0.05, 0) is 26.0 Å². The summed E-state index contributed by atoms with van der Waals surface area (Å²) >= 11 is 11.6. The molecule has 0 fully saturated rings. The van der Waals surface area contributed by atoms with E-state index in [2.05, 4.69) is 5.32 Å². The second-order valence-corrected chi connectivity index (χ2v) is 7.18. The van der Waals surface area contributed by atoms with Gasteiger partial charge in [-0.25, -0.2) is 8.42 Å². The van der Waals surface area contributed by atoms with Crippen molar-refractivity contribution in [1.29, 1.82) is 0 Å². The van der Waals surface area contributed by atoms with E-state index in [0.717, 1.165) is 6.07 Å². The van der Waals surface area contributed by atoms with Crippen LogP contribution in [0.4, 0.5) is 0 Å². The molecule has 0 heterocycles. The van der Waals surface area contributed by atoms with Crippen LogP contribution in [0.1, 0.15) is 24.2 Å². The molecule has 0 spiro atoms. The zero-order valence-corrected chi connectivity index (χ0v) is 12.6. The molecule has 18 heavy (non-hydrogen) atoms. The smallest absolute Gasteiger partial charge is 0.262 e. The minimum absolute atomic E-state index is 0.0305. The highest BCUT2D eigenvalue weighted by Gasteiger charge is 2.22. The Bertz CT molecular complexity index is 584. The summed E-state index contributed by atoms with van der Waals surface area (Å²) in [5.41, 5.74) is -0.0305. The Kier molecular flexibility index (Phi) is 4.89. The molecule has 0 atom stereocenters. The first-order valence-corrected chi connectivity index (χ1v) is 7.94. The second kappa shape index (κ2) is 5.65. The van der Waals surface area contributed by atoms with E-state index in [9.17, 15) is 13.2 Å². The molecule has 8 heteroatoms. The molecule has 0 aliphatic heterocycles. The van der Waals surface area contributed by atoms with Gasteiger partial charge in [-0.3, -0.25) is 4.79 Å². The van der Waals surface area contributed by atoms with E-state index in [1.54, 1.807) is 13.8 Å². The van der Waals surface area contributed by atoms with Crippen molar-refractivity contribution in [1.82, 2.24) is 5.32 Å². The summed E-state index contributed by atoms with van der Waals surface area (Å²) in [7, 11) is 1.15. The Hall–Kier alpha value is -0.490. The summed E-state index contributed by atoms with van der Waals surface area (Å²) in [6, 6.07) is 2.26. The number of benzene rings is 1. The van der Waals surface area contributed by atoms with Crippen LogP contribution in [0.15, 0.2) is 17.0 Å². The molecule has 0 aromatic heterocycles. The zero-order valence-electron chi connectivity index (χ0n) is 9.50. The Labute approximate surface area is 120 Å². The van der Waals surface area contributed by atoms with Crippen LogP contribution < -0.4 is 5.32 Å². The van der Waals surface area contributed by atoms with Gasteiger partial charge in [0.05, 0.1) is 10.6 Å². The number of nitrogens with one attached hydrogen (secondary N) is 1. The first kappa shape index (κ1) is 15.6. The number of amides is 1. The average Bonchev–Trinajstić information content (AvgIpc) is 2.18. The molecule has 0 radical (unpaired) electrons. The van der Waals surface area contributed by atoms with Crippen molar-refractivity contribution < 1.29 is 13.2 Å². The average molecular weight is 331 g/mol. The van der Waals surface area contributed by atoms with Gasteiger partial charge in [0.1, 0.15) is 4.90 Å². The molecule has 4 nitrogen and oxygen atoms in total. The Morgan fingerprint density at radius 1 is 1.28 bits per heavy atom. The fourth-order valence-corrected chi connectivity index (χ4v) is 3.10. The van der Waals surface area contributed by atoms with Crippen LogP contribution in [-0.4, -0.2) is 20.4 Å². The van der Waals surface area contributed by atoms with Crippen molar-refractivity contribution in [2.45, 2.75) is 24.8 Å². The lowest BCUT2D eigenvalue weighted by Crippen LogP contribution is -2.30. The fourth-order valence-electron chi connectivity index (χ4n) is 1.25. The zero-order chi connectivity index (χ0) is 14.1. The molecule has 0 aliphatic rings. The minimum atomic E-state index is -4.06. The van der Waals surface area contributed by atoms with E-state index < -0.39 is 15.0 Å². The molecule has 1 rings (SSSR count). The van der Waals surface area contributed by atoms with Crippen LogP contribution in [0.2, 0.25) is 10.0 Å².